The van der Waals surface area contributed by atoms with Crippen LogP contribution in [0.25, 0.3) is 0 Å². The zero-order valence-electron chi connectivity index (χ0n) is 9.23. The molecule has 0 fully saturated rings. The molecule has 1 aromatic rings. The molecule has 2 rings (SSSR count). The van der Waals surface area contributed by atoms with E-state index in [2.05, 4.69) is 4.98 Å². The van der Waals surface area contributed by atoms with Crippen LogP contribution in [0.1, 0.15) is 0 Å². The highest BCUT2D eigenvalue weighted by molar-refractivity contribution is 5.42. The number of rotatable bonds is 1. The van der Waals surface area contributed by atoms with Gasteiger partial charge < -0.3 is 10.2 Å². The Labute approximate surface area is 103 Å². The van der Waals surface area contributed by atoms with E-state index in [9.17, 15) is 26.3 Å². The lowest BCUT2D eigenvalue weighted by Crippen LogP contribution is -2.43. The van der Waals surface area contributed by atoms with Gasteiger partial charge in [-0.05, 0) is 6.08 Å². The predicted octanol–water partition coefficient (Wildman–Crippen LogP) is 2.31. The number of halogens is 6. The number of nitrogens with zero attached hydrogens (tertiary/aromatic N) is 2. The van der Waals surface area contributed by atoms with Gasteiger partial charge in [-0.1, -0.05) is 0 Å². The van der Waals surface area contributed by atoms with Gasteiger partial charge in [-0.25, -0.2) is 8.78 Å². The molecule has 104 valence electrons. The van der Waals surface area contributed by atoms with Crippen molar-refractivity contribution in [2.75, 3.05) is 18.1 Å². The molecule has 2 heterocycles. The Bertz CT molecular complexity index is 525. The van der Waals surface area contributed by atoms with Crippen LogP contribution in [-0.2, 0) is 0 Å². The first kappa shape index (κ1) is 13.5. The van der Waals surface area contributed by atoms with Gasteiger partial charge in [0.2, 0.25) is 0 Å². The summed E-state index contributed by atoms with van der Waals surface area (Å²) in [6.45, 7) is -0.739. The molecule has 1 aromatic heterocycles. The van der Waals surface area contributed by atoms with E-state index in [0.717, 1.165) is 11.0 Å². The normalized spacial score (nSPS) is 16.1. The van der Waals surface area contributed by atoms with Gasteiger partial charge in [-0.15, -0.1) is 0 Å². The molecule has 19 heavy (non-hydrogen) atoms. The van der Waals surface area contributed by atoms with Crippen molar-refractivity contribution in [3.8, 4) is 0 Å². The minimum absolute atomic E-state index is 0.292. The first-order chi connectivity index (χ1) is 8.79. The molecule has 0 aliphatic carbocycles. The summed E-state index contributed by atoms with van der Waals surface area (Å²) in [5, 5.41) is 2.01. The van der Waals surface area contributed by atoms with Crippen molar-refractivity contribution in [2.45, 2.75) is 6.18 Å². The van der Waals surface area contributed by atoms with E-state index < -0.39 is 41.9 Å². The fourth-order valence-corrected chi connectivity index (χ4v) is 1.55. The van der Waals surface area contributed by atoms with Gasteiger partial charge in [0.05, 0.1) is 6.67 Å². The van der Waals surface area contributed by atoms with Crippen LogP contribution in [-0.4, -0.2) is 24.4 Å². The highest BCUT2D eigenvalue weighted by Gasteiger charge is 2.35. The lowest BCUT2D eigenvalue weighted by atomic mass is 10.3. The lowest BCUT2D eigenvalue weighted by Gasteiger charge is -2.29. The average molecular weight is 283 g/mol. The average Bonchev–Trinajstić information content (AvgIpc) is 2.33. The maximum Gasteiger partial charge on any atom is 0.430 e. The third-order valence-electron chi connectivity index (χ3n) is 2.45. The van der Waals surface area contributed by atoms with Crippen molar-refractivity contribution < 1.29 is 26.3 Å². The predicted molar refractivity (Wildman–Crippen MR) is 53.6 cm³/mol. The van der Waals surface area contributed by atoms with E-state index >= 15 is 0 Å². The van der Waals surface area contributed by atoms with Gasteiger partial charge in [-0.2, -0.15) is 22.5 Å². The molecule has 0 atom stereocenters. The summed E-state index contributed by atoms with van der Waals surface area (Å²) in [6.07, 6.45) is -3.77. The van der Waals surface area contributed by atoms with E-state index in [4.69, 9.17) is 0 Å². The van der Waals surface area contributed by atoms with Gasteiger partial charge in [0.1, 0.15) is 5.70 Å². The third kappa shape index (κ3) is 2.74. The van der Waals surface area contributed by atoms with Gasteiger partial charge in [-0.3, -0.25) is 0 Å². The molecule has 0 spiro atoms. The number of hydrogen-bond acceptors (Lipinski definition) is 3. The van der Waals surface area contributed by atoms with Crippen LogP contribution in [0.3, 0.4) is 0 Å². The summed E-state index contributed by atoms with van der Waals surface area (Å²) >= 11 is 0. The zero-order chi connectivity index (χ0) is 14.2. The Morgan fingerprint density at radius 3 is 2.37 bits per heavy atom. The van der Waals surface area contributed by atoms with Gasteiger partial charge >= 0.3 is 6.18 Å². The molecule has 1 aliphatic rings. The Balaban J connectivity index is 2.23. The van der Waals surface area contributed by atoms with Gasteiger partial charge in [0.15, 0.2) is 17.5 Å². The highest BCUT2D eigenvalue weighted by Crippen LogP contribution is 2.26. The molecular formula is C10H7F6N3. The van der Waals surface area contributed by atoms with Gasteiger partial charge in [0, 0.05) is 12.6 Å². The Hall–Kier alpha value is -1.93. The second kappa shape index (κ2) is 4.63. The molecular weight excluding hydrogens is 276 g/mol. The van der Waals surface area contributed by atoms with Crippen molar-refractivity contribution in [1.82, 2.24) is 10.3 Å². The maximum absolute atomic E-state index is 13.4. The standard InChI is InChI=1S/C10H7F6N3/c11-5-3-6(12)9(18-8(5)13)19-2-1-7(17-4-19)10(14,15)16/h1,3,17H,2,4H2. The van der Waals surface area contributed by atoms with Crippen molar-refractivity contribution in [3.63, 3.8) is 0 Å². The molecule has 0 radical (unpaired) electrons. The van der Waals surface area contributed by atoms with Crippen molar-refractivity contribution in [3.05, 3.63) is 35.4 Å². The molecule has 1 aliphatic heterocycles. The van der Waals surface area contributed by atoms with E-state index in [1.54, 1.807) is 0 Å². The van der Waals surface area contributed by atoms with Crippen LogP contribution in [0.4, 0.5) is 32.2 Å². The smallest absolute Gasteiger partial charge is 0.364 e. The molecule has 0 saturated carbocycles. The monoisotopic (exact) mass is 283 g/mol. The number of allylic oxidation sites excluding steroid dienone is 1. The Morgan fingerprint density at radius 2 is 1.84 bits per heavy atom. The number of alkyl halides is 3. The minimum Gasteiger partial charge on any atom is -0.364 e. The summed E-state index contributed by atoms with van der Waals surface area (Å²) in [4.78, 5) is 4.05. The Morgan fingerprint density at radius 1 is 1.16 bits per heavy atom. The number of nitrogens with one attached hydrogen (secondary N) is 1. The first-order valence-corrected chi connectivity index (χ1v) is 5.06. The van der Waals surface area contributed by atoms with Crippen LogP contribution in [0.15, 0.2) is 17.8 Å². The van der Waals surface area contributed by atoms with E-state index in [1.807, 2.05) is 5.32 Å². The van der Waals surface area contributed by atoms with E-state index in [0.29, 0.717) is 6.07 Å². The molecule has 0 unspecified atom stereocenters. The van der Waals surface area contributed by atoms with Crippen molar-refractivity contribution >= 4 is 5.82 Å². The third-order valence-corrected chi connectivity index (χ3v) is 2.45. The maximum atomic E-state index is 13.4. The number of hydrogen-bond donors (Lipinski definition) is 1. The van der Waals surface area contributed by atoms with Crippen molar-refractivity contribution in [2.24, 2.45) is 0 Å². The fraction of sp³-hybridized carbons (Fsp3) is 0.300. The second-order valence-electron chi connectivity index (χ2n) is 3.74. The highest BCUT2D eigenvalue weighted by atomic mass is 19.4. The zero-order valence-corrected chi connectivity index (χ0v) is 9.23. The number of aromatic nitrogens is 1. The summed E-state index contributed by atoms with van der Waals surface area (Å²) in [5.41, 5.74) is -0.966. The molecule has 0 bridgehead atoms. The van der Waals surface area contributed by atoms with Crippen LogP contribution >= 0.6 is 0 Å². The second-order valence-corrected chi connectivity index (χ2v) is 3.74. The quantitative estimate of drug-likeness (QED) is 0.633. The molecule has 9 heteroatoms. The first-order valence-electron chi connectivity index (χ1n) is 5.06. The topological polar surface area (TPSA) is 28.2 Å². The summed E-state index contributed by atoms with van der Waals surface area (Å²) < 4.78 is 75.9. The van der Waals surface area contributed by atoms with E-state index in [-0.39, 0.29) is 6.54 Å². The van der Waals surface area contributed by atoms with Crippen molar-refractivity contribution in [1.29, 1.82) is 0 Å². The number of pyridine rings is 1. The SMILES string of the molecule is Fc1cc(F)c(N2CC=C(C(F)(F)F)NC2)nc1F. The van der Waals surface area contributed by atoms with E-state index in [1.165, 1.54) is 0 Å². The summed E-state index contributed by atoms with van der Waals surface area (Å²) in [7, 11) is 0. The van der Waals surface area contributed by atoms with Gasteiger partial charge in [0.25, 0.3) is 5.95 Å². The van der Waals surface area contributed by atoms with Crippen LogP contribution in [0, 0.1) is 17.6 Å². The van der Waals surface area contributed by atoms with Crippen LogP contribution in [0.2, 0.25) is 0 Å². The molecule has 0 saturated heterocycles. The summed E-state index contributed by atoms with van der Waals surface area (Å²) in [5.74, 6) is -4.67. The summed E-state index contributed by atoms with van der Waals surface area (Å²) in [6, 6.07) is 0.292. The number of anilines is 1. The Kier molecular flexibility index (Phi) is 3.29. The van der Waals surface area contributed by atoms with Crippen LogP contribution < -0.4 is 10.2 Å². The van der Waals surface area contributed by atoms with Crippen LogP contribution in [0.5, 0.6) is 0 Å². The molecule has 1 N–H and O–H groups in total. The fourth-order valence-electron chi connectivity index (χ4n) is 1.55. The molecule has 0 aromatic carbocycles. The minimum atomic E-state index is -4.54. The molecule has 0 amide bonds. The largest absolute Gasteiger partial charge is 0.430 e. The molecule has 3 nitrogen and oxygen atoms in total. The lowest BCUT2D eigenvalue weighted by molar-refractivity contribution is -0.0974.